The van der Waals surface area contributed by atoms with Gasteiger partial charge in [-0.25, -0.2) is 0 Å². The summed E-state index contributed by atoms with van der Waals surface area (Å²) in [6, 6.07) is 13.6. The molecule has 182 valence electrons. The van der Waals surface area contributed by atoms with Gasteiger partial charge in [-0.3, -0.25) is 9.59 Å². The van der Waals surface area contributed by atoms with Crippen molar-refractivity contribution in [2.45, 2.75) is 19.9 Å². The molecular formula is C27H37N5O2. The van der Waals surface area contributed by atoms with E-state index >= 15 is 0 Å². The molecule has 4 rings (SSSR count). The Morgan fingerprint density at radius 3 is 2.18 bits per heavy atom. The predicted molar refractivity (Wildman–Crippen MR) is 137 cm³/mol. The molecule has 7 heteroatoms. The van der Waals surface area contributed by atoms with Gasteiger partial charge in [-0.05, 0) is 63.3 Å². The highest BCUT2D eigenvalue weighted by Crippen LogP contribution is 2.22. The van der Waals surface area contributed by atoms with Crippen LogP contribution in [0, 0.1) is 6.92 Å². The Bertz CT molecular complexity index is 1020. The first kappa shape index (κ1) is 24.2. The molecule has 2 aromatic carbocycles. The molecule has 1 atom stereocenters. The van der Waals surface area contributed by atoms with Crippen LogP contribution < -0.4 is 10.2 Å². The monoisotopic (exact) mass is 463 g/mol. The number of amides is 2. The van der Waals surface area contributed by atoms with Crippen LogP contribution in [-0.2, 0) is 0 Å². The molecule has 1 N–H and O–H groups in total. The second-order valence-corrected chi connectivity index (χ2v) is 9.71. The number of nitrogens with one attached hydrogen (secondary N) is 1. The fraction of sp³-hybridized carbons (Fsp3) is 0.481. The Morgan fingerprint density at radius 2 is 1.50 bits per heavy atom. The molecule has 2 aliphatic heterocycles. The second-order valence-electron chi connectivity index (χ2n) is 9.71. The smallest absolute Gasteiger partial charge is 0.253 e. The third-order valence-electron chi connectivity index (χ3n) is 7.11. The van der Waals surface area contributed by atoms with Gasteiger partial charge in [0.1, 0.15) is 0 Å². The first-order valence-corrected chi connectivity index (χ1v) is 12.2. The van der Waals surface area contributed by atoms with E-state index in [1.165, 1.54) is 0 Å². The van der Waals surface area contributed by atoms with Gasteiger partial charge in [0.2, 0.25) is 0 Å². The van der Waals surface area contributed by atoms with Gasteiger partial charge in [-0.1, -0.05) is 18.2 Å². The zero-order valence-electron chi connectivity index (χ0n) is 20.9. The number of carbonyl (C=O) groups excluding carboxylic acids is 2. The van der Waals surface area contributed by atoms with Crippen LogP contribution in [0.1, 0.15) is 44.8 Å². The molecule has 2 heterocycles. The van der Waals surface area contributed by atoms with Crippen molar-refractivity contribution in [1.82, 2.24) is 20.0 Å². The first-order valence-electron chi connectivity index (χ1n) is 12.2. The van der Waals surface area contributed by atoms with Crippen molar-refractivity contribution in [3.63, 3.8) is 0 Å². The minimum Gasteiger partial charge on any atom is -0.369 e. The van der Waals surface area contributed by atoms with Crippen molar-refractivity contribution in [3.8, 4) is 0 Å². The first-order chi connectivity index (χ1) is 16.3. The van der Waals surface area contributed by atoms with Crippen LogP contribution >= 0.6 is 0 Å². The second kappa shape index (κ2) is 10.6. The maximum absolute atomic E-state index is 13.2. The summed E-state index contributed by atoms with van der Waals surface area (Å²) in [5.41, 5.74) is 4.36. The normalized spacial score (nSPS) is 18.6. The summed E-state index contributed by atoms with van der Waals surface area (Å²) >= 11 is 0. The van der Waals surface area contributed by atoms with E-state index in [-0.39, 0.29) is 17.9 Å². The molecule has 2 fully saturated rings. The quantitative estimate of drug-likeness (QED) is 0.739. The van der Waals surface area contributed by atoms with Crippen LogP contribution in [0.15, 0.2) is 42.5 Å². The molecule has 7 nitrogen and oxygen atoms in total. The van der Waals surface area contributed by atoms with E-state index in [0.717, 1.165) is 69.2 Å². The SMILES string of the molecule is Cc1ccc(N2CCN(C)CC2)cc1C(=O)N[C@H](C)c1cccc(C(=O)N2CCN(C)CC2)c1. The third kappa shape index (κ3) is 5.59. The van der Waals surface area contributed by atoms with Crippen molar-refractivity contribution in [1.29, 1.82) is 0 Å². The van der Waals surface area contributed by atoms with E-state index in [2.05, 4.69) is 40.2 Å². The van der Waals surface area contributed by atoms with E-state index in [1.54, 1.807) is 0 Å². The number of likely N-dealkylation sites (N-methyl/N-ethyl adjacent to an activating group) is 2. The van der Waals surface area contributed by atoms with Gasteiger partial charge in [0.25, 0.3) is 11.8 Å². The molecular weight excluding hydrogens is 426 g/mol. The minimum atomic E-state index is -0.209. The lowest BCUT2D eigenvalue weighted by Crippen LogP contribution is -2.47. The lowest BCUT2D eigenvalue weighted by Gasteiger charge is -2.34. The zero-order valence-corrected chi connectivity index (χ0v) is 20.9. The molecule has 0 aliphatic carbocycles. The van der Waals surface area contributed by atoms with Crippen molar-refractivity contribution in [2.75, 3.05) is 71.4 Å². The number of benzene rings is 2. The highest BCUT2D eigenvalue weighted by atomic mass is 16.2. The van der Waals surface area contributed by atoms with Gasteiger partial charge < -0.3 is 24.9 Å². The van der Waals surface area contributed by atoms with Crippen LogP contribution in [0.25, 0.3) is 0 Å². The Kier molecular flexibility index (Phi) is 7.54. The van der Waals surface area contributed by atoms with Crippen molar-refractivity contribution in [3.05, 3.63) is 64.7 Å². The number of piperazine rings is 2. The summed E-state index contributed by atoms with van der Waals surface area (Å²) in [5.74, 6) is -0.0269. The number of hydrogen-bond acceptors (Lipinski definition) is 5. The predicted octanol–water partition coefficient (Wildman–Crippen LogP) is 2.63. The summed E-state index contributed by atoms with van der Waals surface area (Å²) in [6.07, 6.45) is 0. The van der Waals surface area contributed by atoms with Crippen molar-refractivity contribution in [2.24, 2.45) is 0 Å². The highest BCUT2D eigenvalue weighted by molar-refractivity contribution is 5.97. The molecule has 34 heavy (non-hydrogen) atoms. The van der Waals surface area contributed by atoms with Crippen LogP contribution in [-0.4, -0.2) is 93.0 Å². The zero-order chi connectivity index (χ0) is 24.2. The maximum atomic E-state index is 13.2. The average Bonchev–Trinajstić information content (AvgIpc) is 2.85. The van der Waals surface area contributed by atoms with Crippen LogP contribution in [0.2, 0.25) is 0 Å². The standard InChI is InChI=1S/C27H37N5O2/c1-20-8-9-24(31-14-10-29(3)11-15-31)19-25(20)26(33)28-21(2)22-6-5-7-23(18-22)27(34)32-16-12-30(4)13-17-32/h5-9,18-19,21H,10-17H2,1-4H3,(H,28,33)/t21-/m1/s1. The largest absolute Gasteiger partial charge is 0.369 e. The maximum Gasteiger partial charge on any atom is 0.253 e. The molecule has 2 aromatic rings. The molecule has 0 unspecified atom stereocenters. The van der Waals surface area contributed by atoms with E-state index in [9.17, 15) is 9.59 Å². The van der Waals surface area contributed by atoms with Gasteiger partial charge >= 0.3 is 0 Å². The molecule has 2 saturated heterocycles. The van der Waals surface area contributed by atoms with E-state index in [4.69, 9.17) is 0 Å². The number of carbonyl (C=O) groups is 2. The number of hydrogen-bond donors (Lipinski definition) is 1. The lowest BCUT2D eigenvalue weighted by molar-refractivity contribution is 0.0664. The number of rotatable bonds is 5. The Hall–Kier alpha value is -2.90. The van der Waals surface area contributed by atoms with E-state index in [0.29, 0.717) is 11.1 Å². The van der Waals surface area contributed by atoms with Crippen LogP contribution in [0.5, 0.6) is 0 Å². The number of anilines is 1. The summed E-state index contributed by atoms with van der Waals surface area (Å²) in [7, 11) is 4.22. The number of aryl methyl sites for hydroxylation is 1. The van der Waals surface area contributed by atoms with E-state index < -0.39 is 0 Å². The van der Waals surface area contributed by atoms with Gasteiger partial charge in [0, 0.05) is 69.2 Å². The van der Waals surface area contributed by atoms with Crippen LogP contribution in [0.4, 0.5) is 5.69 Å². The molecule has 2 aliphatic rings. The molecule has 0 spiro atoms. The molecule has 0 radical (unpaired) electrons. The summed E-state index contributed by atoms with van der Waals surface area (Å²) in [6.45, 7) is 11.2. The molecule has 0 aromatic heterocycles. The van der Waals surface area contributed by atoms with Gasteiger partial charge in [-0.2, -0.15) is 0 Å². The summed E-state index contributed by atoms with van der Waals surface area (Å²) in [5, 5.41) is 3.14. The van der Waals surface area contributed by atoms with Gasteiger partial charge in [0.05, 0.1) is 6.04 Å². The average molecular weight is 464 g/mol. The lowest BCUT2D eigenvalue weighted by atomic mass is 10.0. The van der Waals surface area contributed by atoms with Gasteiger partial charge in [0.15, 0.2) is 0 Å². The van der Waals surface area contributed by atoms with Crippen molar-refractivity contribution < 1.29 is 9.59 Å². The highest BCUT2D eigenvalue weighted by Gasteiger charge is 2.22. The third-order valence-corrected chi connectivity index (χ3v) is 7.11. The topological polar surface area (TPSA) is 59.1 Å². The van der Waals surface area contributed by atoms with E-state index in [1.807, 2.05) is 55.1 Å². The summed E-state index contributed by atoms with van der Waals surface area (Å²) in [4.78, 5) is 35.0. The number of nitrogens with zero attached hydrogens (tertiary/aromatic N) is 4. The Balaban J connectivity index is 1.44. The molecule has 2 amide bonds. The van der Waals surface area contributed by atoms with Crippen molar-refractivity contribution >= 4 is 17.5 Å². The summed E-state index contributed by atoms with van der Waals surface area (Å²) < 4.78 is 0. The molecule has 0 bridgehead atoms. The van der Waals surface area contributed by atoms with Gasteiger partial charge in [-0.15, -0.1) is 0 Å². The fourth-order valence-electron chi connectivity index (χ4n) is 4.61. The van der Waals surface area contributed by atoms with Crippen LogP contribution in [0.3, 0.4) is 0 Å². The minimum absolute atomic E-state index is 0.0594. The molecule has 0 saturated carbocycles. The Labute approximate surface area is 203 Å². The fourth-order valence-corrected chi connectivity index (χ4v) is 4.61. The Morgan fingerprint density at radius 1 is 0.853 bits per heavy atom.